The Morgan fingerprint density at radius 2 is 1.69 bits per heavy atom. The predicted molar refractivity (Wildman–Crippen MR) is 104 cm³/mol. The van der Waals surface area contributed by atoms with Crippen LogP contribution in [0, 0.1) is 18.8 Å². The Morgan fingerprint density at radius 3 is 2.35 bits per heavy atom. The van der Waals surface area contributed by atoms with Crippen LogP contribution in [-0.4, -0.2) is 36.5 Å². The molecule has 5 heteroatoms. The number of nitrogens with one attached hydrogen (secondary N) is 2. The molecule has 0 aromatic heterocycles. The van der Waals surface area contributed by atoms with Crippen molar-refractivity contribution in [2.75, 3.05) is 25.0 Å². The monoisotopic (exact) mass is 357 g/mol. The zero-order valence-corrected chi connectivity index (χ0v) is 15.8. The second kappa shape index (κ2) is 9.06. The fourth-order valence-corrected chi connectivity index (χ4v) is 4.00. The number of carbonyl (C=O) groups is 2. The van der Waals surface area contributed by atoms with E-state index in [1.54, 1.807) is 0 Å². The zero-order valence-electron chi connectivity index (χ0n) is 15.8. The molecule has 0 bridgehead atoms. The summed E-state index contributed by atoms with van der Waals surface area (Å²) in [7, 11) is 0. The number of aryl methyl sites for hydroxylation is 1. The molecule has 0 unspecified atom stereocenters. The summed E-state index contributed by atoms with van der Waals surface area (Å²) in [5, 5.41) is 6.08. The molecule has 1 heterocycles. The molecule has 1 aliphatic heterocycles. The van der Waals surface area contributed by atoms with E-state index < -0.39 is 0 Å². The van der Waals surface area contributed by atoms with Gasteiger partial charge in [0.05, 0.1) is 0 Å². The van der Waals surface area contributed by atoms with Crippen LogP contribution in [0.3, 0.4) is 0 Å². The van der Waals surface area contributed by atoms with Crippen molar-refractivity contribution in [3.63, 3.8) is 0 Å². The van der Waals surface area contributed by atoms with Crippen molar-refractivity contribution >= 4 is 17.6 Å². The summed E-state index contributed by atoms with van der Waals surface area (Å²) in [6.07, 6.45) is 7.55. The maximum atomic E-state index is 12.4. The number of amides is 3. The fourth-order valence-electron chi connectivity index (χ4n) is 4.00. The molecule has 2 N–H and O–H groups in total. The molecule has 1 aromatic rings. The standard InChI is InChI=1S/C21H31N3O2/c1-16-6-8-19(9-7-16)23-21(26)24-14-11-17(12-15-24)10-13-22-20(25)18-4-2-3-5-18/h6-9,17-18H,2-5,10-15H2,1H3,(H,22,25)(H,23,26). The summed E-state index contributed by atoms with van der Waals surface area (Å²) in [6, 6.07) is 7.87. The van der Waals surface area contributed by atoms with Gasteiger partial charge < -0.3 is 15.5 Å². The number of carbonyl (C=O) groups excluding carboxylic acids is 2. The number of anilines is 1. The lowest BCUT2D eigenvalue weighted by Gasteiger charge is -2.32. The molecule has 26 heavy (non-hydrogen) atoms. The van der Waals surface area contributed by atoms with Gasteiger partial charge in [0, 0.05) is 31.2 Å². The third kappa shape index (κ3) is 5.23. The van der Waals surface area contributed by atoms with E-state index in [2.05, 4.69) is 10.6 Å². The van der Waals surface area contributed by atoms with E-state index in [1.165, 1.54) is 18.4 Å². The molecule has 0 atom stereocenters. The number of benzene rings is 1. The summed E-state index contributed by atoms with van der Waals surface area (Å²) >= 11 is 0. The largest absolute Gasteiger partial charge is 0.356 e. The minimum absolute atomic E-state index is 0.0122. The van der Waals surface area contributed by atoms with Crippen molar-refractivity contribution < 1.29 is 9.59 Å². The number of hydrogen-bond donors (Lipinski definition) is 2. The first kappa shape index (κ1) is 18.7. The normalized spacial score (nSPS) is 18.7. The number of nitrogens with zero attached hydrogens (tertiary/aromatic N) is 1. The number of rotatable bonds is 5. The van der Waals surface area contributed by atoms with Crippen LogP contribution in [0.1, 0.15) is 50.5 Å². The van der Waals surface area contributed by atoms with E-state index in [-0.39, 0.29) is 17.9 Å². The van der Waals surface area contributed by atoms with Gasteiger partial charge in [0.1, 0.15) is 0 Å². The summed E-state index contributed by atoms with van der Waals surface area (Å²) in [5.74, 6) is 1.10. The van der Waals surface area contributed by atoms with Crippen molar-refractivity contribution in [1.82, 2.24) is 10.2 Å². The number of urea groups is 1. The topological polar surface area (TPSA) is 61.4 Å². The highest BCUT2D eigenvalue weighted by Gasteiger charge is 2.24. The van der Waals surface area contributed by atoms with Gasteiger partial charge in [0.25, 0.3) is 0 Å². The van der Waals surface area contributed by atoms with E-state index in [0.717, 1.165) is 57.4 Å². The molecule has 3 amide bonds. The summed E-state index contributed by atoms with van der Waals surface area (Å²) in [5.41, 5.74) is 2.03. The molecule has 1 aliphatic carbocycles. The number of likely N-dealkylation sites (tertiary alicyclic amines) is 1. The van der Waals surface area contributed by atoms with Crippen LogP contribution in [0.5, 0.6) is 0 Å². The highest BCUT2D eigenvalue weighted by molar-refractivity contribution is 5.89. The average Bonchev–Trinajstić information content (AvgIpc) is 3.19. The van der Waals surface area contributed by atoms with Crippen molar-refractivity contribution in [2.24, 2.45) is 11.8 Å². The van der Waals surface area contributed by atoms with Crippen LogP contribution in [0.2, 0.25) is 0 Å². The molecule has 2 fully saturated rings. The van der Waals surface area contributed by atoms with Crippen molar-refractivity contribution in [2.45, 2.75) is 51.9 Å². The Kier molecular flexibility index (Phi) is 6.53. The molecule has 142 valence electrons. The predicted octanol–water partition coefficient (Wildman–Crippen LogP) is 3.94. The minimum Gasteiger partial charge on any atom is -0.356 e. The quantitative estimate of drug-likeness (QED) is 0.838. The van der Waals surface area contributed by atoms with Gasteiger partial charge in [-0.1, -0.05) is 30.5 Å². The molecule has 2 aliphatic rings. The lowest BCUT2D eigenvalue weighted by Crippen LogP contribution is -2.41. The van der Waals surface area contributed by atoms with Crippen LogP contribution in [-0.2, 0) is 4.79 Å². The Balaban J connectivity index is 1.33. The first-order chi connectivity index (χ1) is 12.6. The third-order valence-corrected chi connectivity index (χ3v) is 5.78. The van der Waals surface area contributed by atoms with E-state index >= 15 is 0 Å². The van der Waals surface area contributed by atoms with Gasteiger partial charge in [0.2, 0.25) is 5.91 Å². The van der Waals surface area contributed by atoms with Crippen LogP contribution in [0.4, 0.5) is 10.5 Å². The summed E-state index contributed by atoms with van der Waals surface area (Å²) in [4.78, 5) is 26.3. The lowest BCUT2D eigenvalue weighted by molar-refractivity contribution is -0.124. The first-order valence-electron chi connectivity index (χ1n) is 10.0. The average molecular weight is 357 g/mol. The summed E-state index contributed by atoms with van der Waals surface area (Å²) < 4.78 is 0. The Morgan fingerprint density at radius 1 is 1.04 bits per heavy atom. The van der Waals surface area contributed by atoms with Crippen LogP contribution < -0.4 is 10.6 Å². The van der Waals surface area contributed by atoms with Gasteiger partial charge in [-0.05, 0) is 57.1 Å². The molecular formula is C21H31N3O2. The van der Waals surface area contributed by atoms with Crippen LogP contribution >= 0.6 is 0 Å². The number of hydrogen-bond acceptors (Lipinski definition) is 2. The van der Waals surface area contributed by atoms with Crippen molar-refractivity contribution in [3.05, 3.63) is 29.8 Å². The van der Waals surface area contributed by atoms with Crippen molar-refractivity contribution in [1.29, 1.82) is 0 Å². The number of piperidine rings is 1. The van der Waals surface area contributed by atoms with Gasteiger partial charge >= 0.3 is 6.03 Å². The molecule has 3 rings (SSSR count). The van der Waals surface area contributed by atoms with E-state index in [1.807, 2.05) is 36.1 Å². The highest BCUT2D eigenvalue weighted by Crippen LogP contribution is 2.25. The van der Waals surface area contributed by atoms with Gasteiger partial charge in [-0.2, -0.15) is 0 Å². The highest BCUT2D eigenvalue weighted by atomic mass is 16.2. The molecule has 1 aromatic carbocycles. The SMILES string of the molecule is Cc1ccc(NC(=O)N2CCC(CCNC(=O)C3CCCC3)CC2)cc1. The molecule has 1 saturated carbocycles. The second-order valence-electron chi connectivity index (χ2n) is 7.79. The Labute approximate surface area is 156 Å². The van der Waals surface area contributed by atoms with Crippen molar-refractivity contribution in [3.8, 4) is 0 Å². The van der Waals surface area contributed by atoms with Crippen LogP contribution in [0.15, 0.2) is 24.3 Å². The van der Waals surface area contributed by atoms with Crippen LogP contribution in [0.25, 0.3) is 0 Å². The second-order valence-corrected chi connectivity index (χ2v) is 7.79. The Bertz CT molecular complexity index is 600. The van der Waals surface area contributed by atoms with E-state index in [9.17, 15) is 9.59 Å². The van der Waals surface area contributed by atoms with E-state index in [4.69, 9.17) is 0 Å². The minimum atomic E-state index is -0.0122. The summed E-state index contributed by atoms with van der Waals surface area (Å²) in [6.45, 7) is 4.39. The smallest absolute Gasteiger partial charge is 0.321 e. The van der Waals surface area contributed by atoms with Gasteiger partial charge in [-0.25, -0.2) is 4.79 Å². The van der Waals surface area contributed by atoms with Gasteiger partial charge in [-0.3, -0.25) is 4.79 Å². The zero-order chi connectivity index (χ0) is 18.4. The molecular weight excluding hydrogens is 326 g/mol. The lowest BCUT2D eigenvalue weighted by atomic mass is 9.93. The van der Waals surface area contributed by atoms with Gasteiger partial charge in [-0.15, -0.1) is 0 Å². The Hall–Kier alpha value is -2.04. The van der Waals surface area contributed by atoms with Gasteiger partial charge in [0.15, 0.2) is 0 Å². The van der Waals surface area contributed by atoms with E-state index in [0.29, 0.717) is 5.92 Å². The molecule has 1 saturated heterocycles. The first-order valence-corrected chi connectivity index (χ1v) is 10.0. The maximum absolute atomic E-state index is 12.4. The molecule has 0 spiro atoms. The fraction of sp³-hybridized carbons (Fsp3) is 0.619. The maximum Gasteiger partial charge on any atom is 0.321 e. The third-order valence-electron chi connectivity index (χ3n) is 5.78. The molecule has 5 nitrogen and oxygen atoms in total. The molecule has 0 radical (unpaired) electrons.